The zero-order chi connectivity index (χ0) is 16.4. The van der Waals surface area contributed by atoms with E-state index in [9.17, 15) is 9.59 Å². The summed E-state index contributed by atoms with van der Waals surface area (Å²) in [5, 5.41) is 9.30. The molecule has 0 saturated heterocycles. The minimum absolute atomic E-state index is 0.0907. The van der Waals surface area contributed by atoms with E-state index < -0.39 is 5.97 Å². The number of carbonyl (C=O) groups excluding carboxylic acids is 1. The van der Waals surface area contributed by atoms with Crippen LogP contribution in [0.5, 0.6) is 11.6 Å². The average Bonchev–Trinajstić information content (AvgIpc) is 2.68. The Labute approximate surface area is 137 Å². The minimum atomic E-state index is -1.01. The van der Waals surface area contributed by atoms with Crippen molar-refractivity contribution in [3.8, 4) is 11.6 Å². The molecular weight excluding hydrogens is 320 g/mol. The van der Waals surface area contributed by atoms with E-state index in [-0.39, 0.29) is 31.2 Å². The summed E-state index contributed by atoms with van der Waals surface area (Å²) in [6.45, 7) is 0.268. The number of amides is 1. The Balaban J connectivity index is 2.00. The molecule has 2 heterocycles. The molecule has 118 valence electrons. The zero-order valence-corrected chi connectivity index (χ0v) is 12.8. The molecule has 1 aliphatic rings. The van der Waals surface area contributed by atoms with Gasteiger partial charge < -0.3 is 14.7 Å². The van der Waals surface area contributed by atoms with Gasteiger partial charge in [0.1, 0.15) is 11.4 Å². The average molecular weight is 333 g/mol. The lowest BCUT2D eigenvalue weighted by atomic mass is 10.1. The molecule has 0 atom stereocenters. The fourth-order valence-electron chi connectivity index (χ4n) is 2.35. The molecule has 0 spiro atoms. The number of benzene rings is 1. The molecule has 1 aromatic heterocycles. The van der Waals surface area contributed by atoms with Crippen molar-refractivity contribution in [2.75, 3.05) is 4.90 Å². The summed E-state index contributed by atoms with van der Waals surface area (Å²) in [5.74, 6) is -0.487. The molecule has 0 fully saturated rings. The first-order valence-corrected chi connectivity index (χ1v) is 7.36. The summed E-state index contributed by atoms with van der Waals surface area (Å²) in [7, 11) is 0. The van der Waals surface area contributed by atoms with Gasteiger partial charge in [-0.3, -0.25) is 9.59 Å². The monoisotopic (exact) mass is 332 g/mol. The molecule has 0 bridgehead atoms. The molecule has 1 N–H and O–H groups in total. The Hall–Kier alpha value is -2.60. The Morgan fingerprint density at radius 2 is 2.13 bits per heavy atom. The maximum absolute atomic E-state index is 12.4. The van der Waals surface area contributed by atoms with Crippen LogP contribution in [0.15, 0.2) is 36.5 Å². The first-order valence-electron chi connectivity index (χ1n) is 6.98. The number of anilines is 1. The standard InChI is InChI=1S/C16H13ClN2O4/c17-11-4-3-10-9-19(14(20)5-6-15(21)22)12-2-1-7-18-16(12)23-13(10)8-11/h1-4,7-8H,5-6,9H2,(H,21,22). The van der Waals surface area contributed by atoms with Gasteiger partial charge in [0.25, 0.3) is 0 Å². The molecule has 0 unspecified atom stereocenters. The molecular formula is C16H13ClN2O4. The fourth-order valence-corrected chi connectivity index (χ4v) is 2.51. The van der Waals surface area contributed by atoms with Gasteiger partial charge in [-0.05, 0) is 24.3 Å². The van der Waals surface area contributed by atoms with Gasteiger partial charge in [-0.25, -0.2) is 4.98 Å². The second-order valence-corrected chi connectivity index (χ2v) is 5.49. The SMILES string of the molecule is O=C(O)CCC(=O)N1Cc2ccc(Cl)cc2Oc2ncccc21. The maximum atomic E-state index is 12.4. The van der Waals surface area contributed by atoms with Gasteiger partial charge in [-0.1, -0.05) is 17.7 Å². The van der Waals surface area contributed by atoms with Crippen molar-refractivity contribution >= 4 is 29.2 Å². The second-order valence-electron chi connectivity index (χ2n) is 5.06. The highest BCUT2D eigenvalue weighted by Crippen LogP contribution is 2.38. The molecule has 0 aliphatic carbocycles. The van der Waals surface area contributed by atoms with E-state index in [1.807, 2.05) is 0 Å². The van der Waals surface area contributed by atoms with Crippen LogP contribution < -0.4 is 9.64 Å². The summed E-state index contributed by atoms with van der Waals surface area (Å²) in [4.78, 5) is 28.8. The van der Waals surface area contributed by atoms with Crippen LogP contribution in [0.2, 0.25) is 5.02 Å². The second kappa shape index (κ2) is 6.26. The fraction of sp³-hybridized carbons (Fsp3) is 0.188. The summed E-state index contributed by atoms with van der Waals surface area (Å²) in [5.41, 5.74) is 1.28. The number of carboxylic acids is 1. The van der Waals surface area contributed by atoms with Crippen LogP contribution in [0.4, 0.5) is 5.69 Å². The molecule has 1 amide bonds. The number of pyridine rings is 1. The molecule has 3 rings (SSSR count). The smallest absolute Gasteiger partial charge is 0.303 e. The van der Waals surface area contributed by atoms with E-state index in [0.29, 0.717) is 16.5 Å². The number of nitrogens with zero attached hydrogens (tertiary/aromatic N) is 2. The van der Waals surface area contributed by atoms with E-state index >= 15 is 0 Å². The molecule has 2 aromatic rings. The number of rotatable bonds is 3. The van der Waals surface area contributed by atoms with Crippen LogP contribution >= 0.6 is 11.6 Å². The third-order valence-corrected chi connectivity index (χ3v) is 3.70. The first-order chi connectivity index (χ1) is 11.0. The Morgan fingerprint density at radius 1 is 1.30 bits per heavy atom. The number of carbonyl (C=O) groups is 2. The lowest BCUT2D eigenvalue weighted by Gasteiger charge is -2.21. The number of ether oxygens (including phenoxy) is 1. The van der Waals surface area contributed by atoms with Crippen molar-refractivity contribution in [3.63, 3.8) is 0 Å². The molecule has 23 heavy (non-hydrogen) atoms. The van der Waals surface area contributed by atoms with Crippen LogP contribution in [0.25, 0.3) is 0 Å². The highest BCUT2D eigenvalue weighted by Gasteiger charge is 2.26. The summed E-state index contributed by atoms with van der Waals surface area (Å²) < 4.78 is 5.78. The van der Waals surface area contributed by atoms with Crippen molar-refractivity contribution in [1.29, 1.82) is 0 Å². The van der Waals surface area contributed by atoms with E-state index in [1.54, 1.807) is 36.5 Å². The third-order valence-electron chi connectivity index (χ3n) is 3.46. The van der Waals surface area contributed by atoms with E-state index in [2.05, 4.69) is 4.98 Å². The van der Waals surface area contributed by atoms with Crippen molar-refractivity contribution in [2.45, 2.75) is 19.4 Å². The van der Waals surface area contributed by atoms with E-state index in [0.717, 1.165) is 5.56 Å². The van der Waals surface area contributed by atoms with E-state index in [4.69, 9.17) is 21.4 Å². The molecule has 0 saturated carbocycles. The van der Waals surface area contributed by atoms with Gasteiger partial charge in [-0.2, -0.15) is 0 Å². The molecule has 6 nitrogen and oxygen atoms in total. The number of halogens is 1. The quantitative estimate of drug-likeness (QED) is 0.933. The number of carboxylic acid groups (broad SMARTS) is 1. The molecule has 1 aromatic carbocycles. The van der Waals surface area contributed by atoms with Crippen LogP contribution in [-0.4, -0.2) is 22.0 Å². The van der Waals surface area contributed by atoms with Gasteiger partial charge in [-0.15, -0.1) is 0 Å². The summed E-state index contributed by atoms with van der Waals surface area (Å²) >= 11 is 5.99. The number of fused-ring (bicyclic) bond motifs is 2. The van der Waals surface area contributed by atoms with Crippen molar-refractivity contribution < 1.29 is 19.4 Å². The number of hydrogen-bond acceptors (Lipinski definition) is 4. The Kier molecular flexibility index (Phi) is 4.16. The topological polar surface area (TPSA) is 79.7 Å². The van der Waals surface area contributed by atoms with Gasteiger partial charge in [0.05, 0.1) is 13.0 Å². The largest absolute Gasteiger partial charge is 0.481 e. The van der Waals surface area contributed by atoms with Gasteiger partial charge in [0.15, 0.2) is 0 Å². The highest BCUT2D eigenvalue weighted by atomic mass is 35.5. The zero-order valence-electron chi connectivity index (χ0n) is 12.0. The van der Waals surface area contributed by atoms with Crippen LogP contribution in [0.1, 0.15) is 18.4 Å². The van der Waals surface area contributed by atoms with Crippen LogP contribution in [0, 0.1) is 0 Å². The van der Waals surface area contributed by atoms with Crippen molar-refractivity contribution in [3.05, 3.63) is 47.1 Å². The molecule has 1 aliphatic heterocycles. The lowest BCUT2D eigenvalue weighted by Crippen LogP contribution is -2.30. The highest BCUT2D eigenvalue weighted by molar-refractivity contribution is 6.30. The summed E-state index contributed by atoms with van der Waals surface area (Å²) in [6.07, 6.45) is 1.25. The lowest BCUT2D eigenvalue weighted by molar-refractivity contribution is -0.138. The van der Waals surface area contributed by atoms with Crippen molar-refractivity contribution in [1.82, 2.24) is 4.98 Å². The third kappa shape index (κ3) is 3.27. The van der Waals surface area contributed by atoms with Gasteiger partial charge in [0.2, 0.25) is 11.8 Å². The molecule has 7 heteroatoms. The normalized spacial score (nSPS) is 12.7. The number of hydrogen-bond donors (Lipinski definition) is 1. The maximum Gasteiger partial charge on any atom is 0.303 e. The number of aliphatic carboxylic acids is 1. The van der Waals surface area contributed by atoms with Gasteiger partial charge in [0, 0.05) is 23.2 Å². The predicted molar refractivity (Wildman–Crippen MR) is 83.8 cm³/mol. The minimum Gasteiger partial charge on any atom is -0.481 e. The molecule has 0 radical (unpaired) electrons. The van der Waals surface area contributed by atoms with E-state index in [1.165, 1.54) is 4.90 Å². The predicted octanol–water partition coefficient (Wildman–Crippen LogP) is 3.24. The van der Waals surface area contributed by atoms with Gasteiger partial charge >= 0.3 is 5.97 Å². The number of aromatic nitrogens is 1. The first kappa shape index (κ1) is 15.3. The Bertz CT molecular complexity index is 778. The van der Waals surface area contributed by atoms with Crippen LogP contribution in [0.3, 0.4) is 0 Å². The van der Waals surface area contributed by atoms with Crippen molar-refractivity contribution in [2.24, 2.45) is 0 Å². The summed E-state index contributed by atoms with van der Waals surface area (Å²) in [6, 6.07) is 8.58. The van der Waals surface area contributed by atoms with Crippen LogP contribution in [-0.2, 0) is 16.1 Å². The Morgan fingerprint density at radius 3 is 2.91 bits per heavy atom.